The third kappa shape index (κ3) is 5.71. The molecule has 0 unspecified atom stereocenters. The Balaban J connectivity index is 1.65. The maximum atomic E-state index is 11.9. The summed E-state index contributed by atoms with van der Waals surface area (Å²) in [5, 5.41) is 6.47. The molecular formula is C17H26N2OS. The van der Waals surface area contributed by atoms with Crippen LogP contribution in [0, 0.1) is 12.3 Å². The average Bonchev–Trinajstić information content (AvgIpc) is 2.46. The largest absolute Gasteiger partial charge is 0.355 e. The lowest BCUT2D eigenvalue weighted by molar-refractivity contribution is -0.119. The number of piperidine rings is 1. The number of hydrogen-bond acceptors (Lipinski definition) is 3. The van der Waals surface area contributed by atoms with Gasteiger partial charge in [0.1, 0.15) is 0 Å². The summed E-state index contributed by atoms with van der Waals surface area (Å²) in [5.41, 5.74) is 2.83. The predicted molar refractivity (Wildman–Crippen MR) is 90.6 cm³/mol. The van der Waals surface area contributed by atoms with Crippen molar-refractivity contribution in [2.24, 2.45) is 5.41 Å². The quantitative estimate of drug-likeness (QED) is 0.849. The molecule has 1 saturated heterocycles. The van der Waals surface area contributed by atoms with E-state index in [1.807, 2.05) is 0 Å². The Bertz CT molecular complexity index is 470. The molecule has 0 spiro atoms. The molecule has 1 heterocycles. The number of carbonyl (C=O) groups is 1. The molecule has 4 heteroatoms. The number of nitrogens with one attached hydrogen (secondary N) is 2. The standard InChI is InChI=1S/C17H26N2OS/c1-14-4-3-5-15(10-14)11-21-12-16(20)19-13-17(2)6-8-18-9-7-17/h3-5,10,18H,6-9,11-13H2,1-2H3,(H,19,20). The summed E-state index contributed by atoms with van der Waals surface area (Å²) < 4.78 is 0. The summed E-state index contributed by atoms with van der Waals surface area (Å²) in [5.74, 6) is 1.60. The molecule has 0 radical (unpaired) electrons. The summed E-state index contributed by atoms with van der Waals surface area (Å²) in [7, 11) is 0. The summed E-state index contributed by atoms with van der Waals surface area (Å²) >= 11 is 1.68. The van der Waals surface area contributed by atoms with Gasteiger partial charge in [-0.15, -0.1) is 11.8 Å². The van der Waals surface area contributed by atoms with Gasteiger partial charge in [-0.25, -0.2) is 0 Å². The molecule has 0 bridgehead atoms. The third-order valence-electron chi connectivity index (χ3n) is 4.11. The first kappa shape index (κ1) is 16.4. The highest BCUT2D eigenvalue weighted by atomic mass is 32.2. The predicted octanol–water partition coefficient (Wildman–Crippen LogP) is 2.73. The molecule has 1 aromatic carbocycles. The van der Waals surface area contributed by atoms with Gasteiger partial charge >= 0.3 is 0 Å². The zero-order chi connectivity index (χ0) is 15.1. The topological polar surface area (TPSA) is 41.1 Å². The molecule has 21 heavy (non-hydrogen) atoms. The highest BCUT2D eigenvalue weighted by Gasteiger charge is 2.26. The van der Waals surface area contributed by atoms with Crippen molar-refractivity contribution in [2.75, 3.05) is 25.4 Å². The van der Waals surface area contributed by atoms with E-state index in [4.69, 9.17) is 0 Å². The second kappa shape index (κ2) is 7.85. The van der Waals surface area contributed by atoms with Crippen LogP contribution in [0.2, 0.25) is 0 Å². The molecule has 0 aromatic heterocycles. The van der Waals surface area contributed by atoms with E-state index >= 15 is 0 Å². The Labute approximate surface area is 132 Å². The minimum Gasteiger partial charge on any atom is -0.355 e. The van der Waals surface area contributed by atoms with E-state index in [9.17, 15) is 4.79 Å². The van der Waals surface area contributed by atoms with Crippen molar-refractivity contribution in [3.8, 4) is 0 Å². The van der Waals surface area contributed by atoms with E-state index < -0.39 is 0 Å². The first-order valence-electron chi connectivity index (χ1n) is 7.68. The second-order valence-corrected chi connectivity index (χ2v) is 7.30. The minimum atomic E-state index is 0.160. The molecule has 1 amide bonds. The van der Waals surface area contributed by atoms with Crippen molar-refractivity contribution < 1.29 is 4.79 Å². The van der Waals surface area contributed by atoms with Crippen LogP contribution in [0.15, 0.2) is 24.3 Å². The third-order valence-corrected chi connectivity index (χ3v) is 5.11. The minimum absolute atomic E-state index is 0.160. The molecule has 0 saturated carbocycles. The number of hydrogen-bond donors (Lipinski definition) is 2. The Kier molecular flexibility index (Phi) is 6.12. The number of benzene rings is 1. The first-order chi connectivity index (χ1) is 10.1. The summed E-state index contributed by atoms with van der Waals surface area (Å²) in [4.78, 5) is 11.9. The zero-order valence-electron chi connectivity index (χ0n) is 13.1. The summed E-state index contributed by atoms with van der Waals surface area (Å²) in [6.07, 6.45) is 2.29. The van der Waals surface area contributed by atoms with Crippen LogP contribution in [0.3, 0.4) is 0 Å². The maximum Gasteiger partial charge on any atom is 0.230 e. The Morgan fingerprint density at radius 3 is 2.86 bits per heavy atom. The van der Waals surface area contributed by atoms with E-state index in [-0.39, 0.29) is 11.3 Å². The lowest BCUT2D eigenvalue weighted by Crippen LogP contribution is -2.43. The van der Waals surface area contributed by atoms with Crippen molar-refractivity contribution in [2.45, 2.75) is 32.4 Å². The number of amides is 1. The van der Waals surface area contributed by atoms with Crippen molar-refractivity contribution >= 4 is 17.7 Å². The molecule has 0 aliphatic carbocycles. The molecule has 0 atom stereocenters. The second-order valence-electron chi connectivity index (χ2n) is 6.32. The van der Waals surface area contributed by atoms with Crippen molar-refractivity contribution in [3.05, 3.63) is 35.4 Å². The maximum absolute atomic E-state index is 11.9. The SMILES string of the molecule is Cc1cccc(CSCC(=O)NCC2(C)CCNCC2)c1. The van der Waals surface area contributed by atoms with E-state index in [1.165, 1.54) is 11.1 Å². The fourth-order valence-corrected chi connectivity index (χ4v) is 3.44. The van der Waals surface area contributed by atoms with Gasteiger partial charge in [0, 0.05) is 12.3 Å². The van der Waals surface area contributed by atoms with Gasteiger partial charge in [0.15, 0.2) is 0 Å². The molecule has 116 valence electrons. The van der Waals surface area contributed by atoms with Crippen molar-refractivity contribution in [3.63, 3.8) is 0 Å². The van der Waals surface area contributed by atoms with Gasteiger partial charge in [0.25, 0.3) is 0 Å². The van der Waals surface area contributed by atoms with E-state index in [1.54, 1.807) is 11.8 Å². The van der Waals surface area contributed by atoms with Gasteiger partial charge in [-0.2, -0.15) is 0 Å². The fourth-order valence-electron chi connectivity index (χ4n) is 2.63. The number of thioether (sulfide) groups is 1. The monoisotopic (exact) mass is 306 g/mol. The molecule has 1 aliphatic rings. The molecule has 1 fully saturated rings. The lowest BCUT2D eigenvalue weighted by Gasteiger charge is -2.34. The van der Waals surface area contributed by atoms with Crippen LogP contribution in [0.5, 0.6) is 0 Å². The van der Waals surface area contributed by atoms with Crippen molar-refractivity contribution in [1.29, 1.82) is 0 Å². The van der Waals surface area contributed by atoms with Crippen LogP contribution in [-0.2, 0) is 10.5 Å². The molecule has 2 N–H and O–H groups in total. The smallest absolute Gasteiger partial charge is 0.230 e. The van der Waals surface area contributed by atoms with Crippen LogP contribution in [0.4, 0.5) is 0 Å². The van der Waals surface area contributed by atoms with Gasteiger partial charge in [-0.05, 0) is 43.8 Å². The molecule has 1 aliphatic heterocycles. The Hall–Kier alpha value is -1.00. The van der Waals surface area contributed by atoms with Gasteiger partial charge in [-0.3, -0.25) is 4.79 Å². The Morgan fingerprint density at radius 1 is 1.38 bits per heavy atom. The highest BCUT2D eigenvalue weighted by molar-refractivity contribution is 7.99. The molecule has 2 rings (SSSR count). The summed E-state index contributed by atoms with van der Waals surface area (Å²) in [6, 6.07) is 8.47. The van der Waals surface area contributed by atoms with Crippen LogP contribution >= 0.6 is 11.8 Å². The Morgan fingerprint density at radius 2 is 2.14 bits per heavy atom. The number of aryl methyl sites for hydroxylation is 1. The van der Waals surface area contributed by atoms with E-state index in [0.29, 0.717) is 5.75 Å². The van der Waals surface area contributed by atoms with Crippen LogP contribution < -0.4 is 10.6 Å². The van der Waals surface area contributed by atoms with Crippen LogP contribution in [0.25, 0.3) is 0 Å². The number of rotatable bonds is 6. The van der Waals surface area contributed by atoms with Gasteiger partial charge in [0.2, 0.25) is 5.91 Å². The normalized spacial score (nSPS) is 17.4. The fraction of sp³-hybridized carbons (Fsp3) is 0.588. The summed E-state index contributed by atoms with van der Waals surface area (Å²) in [6.45, 7) is 7.30. The van der Waals surface area contributed by atoms with Crippen LogP contribution in [-0.4, -0.2) is 31.3 Å². The number of carbonyl (C=O) groups excluding carboxylic acids is 1. The van der Waals surface area contributed by atoms with Gasteiger partial charge in [-0.1, -0.05) is 36.8 Å². The van der Waals surface area contributed by atoms with Gasteiger partial charge < -0.3 is 10.6 Å². The first-order valence-corrected chi connectivity index (χ1v) is 8.84. The van der Waals surface area contributed by atoms with Crippen molar-refractivity contribution in [1.82, 2.24) is 10.6 Å². The molecule has 1 aromatic rings. The van der Waals surface area contributed by atoms with E-state index in [2.05, 4.69) is 48.7 Å². The molecular weight excluding hydrogens is 280 g/mol. The lowest BCUT2D eigenvalue weighted by atomic mass is 9.81. The average molecular weight is 306 g/mol. The highest BCUT2D eigenvalue weighted by Crippen LogP contribution is 2.26. The zero-order valence-corrected chi connectivity index (χ0v) is 13.9. The van der Waals surface area contributed by atoms with E-state index in [0.717, 1.165) is 38.2 Å². The van der Waals surface area contributed by atoms with Crippen LogP contribution in [0.1, 0.15) is 30.9 Å². The molecule has 3 nitrogen and oxygen atoms in total. The van der Waals surface area contributed by atoms with Gasteiger partial charge in [0.05, 0.1) is 5.75 Å².